The fourth-order valence-electron chi connectivity index (χ4n) is 5.05. The number of hydrogen-bond donors (Lipinski definition) is 1. The van der Waals surface area contributed by atoms with Crippen molar-refractivity contribution in [2.24, 2.45) is 11.1 Å². The number of fused-ring (bicyclic) bond motifs is 2. The van der Waals surface area contributed by atoms with Crippen molar-refractivity contribution < 1.29 is 17.6 Å². The molecule has 1 amide bonds. The van der Waals surface area contributed by atoms with Crippen molar-refractivity contribution in [1.82, 2.24) is 4.98 Å². The molecule has 0 radical (unpaired) electrons. The summed E-state index contributed by atoms with van der Waals surface area (Å²) in [5.74, 6) is -1.38. The Labute approximate surface area is 192 Å². The highest BCUT2D eigenvalue weighted by atomic mass is 32.2. The first-order chi connectivity index (χ1) is 15.6. The molecule has 1 aliphatic heterocycles. The minimum absolute atomic E-state index is 0.0873. The molecule has 2 N–H and O–H groups in total. The monoisotopic (exact) mass is 465 g/mol. The van der Waals surface area contributed by atoms with Gasteiger partial charge in [-0.05, 0) is 66.8 Å². The first-order valence-corrected chi connectivity index (χ1v) is 12.4. The van der Waals surface area contributed by atoms with Gasteiger partial charge in [-0.1, -0.05) is 25.1 Å². The third-order valence-electron chi connectivity index (χ3n) is 6.95. The summed E-state index contributed by atoms with van der Waals surface area (Å²) < 4.78 is 38.2. The Kier molecular flexibility index (Phi) is 5.10. The summed E-state index contributed by atoms with van der Waals surface area (Å²) in [6, 6.07) is 14.1. The highest BCUT2D eigenvalue weighted by Crippen LogP contribution is 2.44. The van der Waals surface area contributed by atoms with Gasteiger partial charge in [0.1, 0.15) is 10.7 Å². The maximum absolute atomic E-state index is 14.5. The second-order valence-electron chi connectivity index (χ2n) is 8.93. The molecule has 170 valence electrons. The van der Waals surface area contributed by atoms with Crippen molar-refractivity contribution in [3.8, 4) is 11.3 Å². The van der Waals surface area contributed by atoms with Crippen molar-refractivity contribution in [2.75, 3.05) is 4.90 Å². The van der Waals surface area contributed by atoms with Gasteiger partial charge in [0.2, 0.25) is 15.9 Å². The zero-order valence-electron chi connectivity index (χ0n) is 18.3. The molecule has 0 saturated carbocycles. The third kappa shape index (κ3) is 3.63. The Bertz CT molecular complexity index is 1380. The van der Waals surface area contributed by atoms with Crippen LogP contribution in [0.15, 0.2) is 59.6 Å². The first kappa shape index (κ1) is 21.7. The molecule has 1 unspecified atom stereocenters. The van der Waals surface area contributed by atoms with Crippen LogP contribution < -0.4 is 10.0 Å². The maximum Gasteiger partial charge on any atom is 0.241 e. The van der Waals surface area contributed by atoms with Gasteiger partial charge in [-0.25, -0.2) is 17.9 Å². The number of aromatic nitrogens is 1. The van der Waals surface area contributed by atoms with E-state index in [0.717, 1.165) is 22.4 Å². The van der Waals surface area contributed by atoms with Gasteiger partial charge in [0.25, 0.3) is 0 Å². The average molecular weight is 466 g/mol. The summed E-state index contributed by atoms with van der Waals surface area (Å²) in [7, 11) is -4.25. The summed E-state index contributed by atoms with van der Waals surface area (Å²) in [5, 5.41) is 5.21. The van der Waals surface area contributed by atoms with Gasteiger partial charge in [-0.15, -0.1) is 0 Å². The zero-order valence-corrected chi connectivity index (χ0v) is 19.1. The summed E-state index contributed by atoms with van der Waals surface area (Å²) in [6.07, 6.45) is 2.94. The minimum Gasteiger partial charge on any atom is -0.308 e. The van der Waals surface area contributed by atoms with E-state index in [1.165, 1.54) is 12.1 Å². The largest absolute Gasteiger partial charge is 0.308 e. The lowest BCUT2D eigenvalue weighted by Gasteiger charge is -2.27. The van der Waals surface area contributed by atoms with Crippen molar-refractivity contribution >= 4 is 21.6 Å². The number of primary sulfonamides is 1. The molecular weight excluding hydrogens is 441 g/mol. The number of anilines is 1. The van der Waals surface area contributed by atoms with Crippen LogP contribution in [0.4, 0.5) is 10.1 Å². The smallest absolute Gasteiger partial charge is 0.241 e. The number of nitrogens with zero attached hydrogens (tertiary/aromatic N) is 2. The van der Waals surface area contributed by atoms with Crippen LogP contribution in [0.5, 0.6) is 0 Å². The zero-order chi connectivity index (χ0) is 23.5. The summed E-state index contributed by atoms with van der Waals surface area (Å²) in [5.41, 5.74) is 5.16. The molecule has 33 heavy (non-hydrogen) atoms. The molecular formula is C25H24FN3O3S. The number of carbonyl (C=O) groups excluding carboxylic acids is 1. The predicted molar refractivity (Wildman–Crippen MR) is 124 cm³/mol. The van der Waals surface area contributed by atoms with Crippen molar-refractivity contribution in [3.05, 3.63) is 77.2 Å². The second-order valence-corrected chi connectivity index (χ2v) is 10.5. The van der Waals surface area contributed by atoms with Crippen LogP contribution in [0.1, 0.15) is 36.5 Å². The lowest BCUT2D eigenvalue weighted by Crippen LogP contribution is -2.41. The summed E-state index contributed by atoms with van der Waals surface area (Å²) in [4.78, 5) is 19.1. The normalized spacial score (nSPS) is 21.7. The molecule has 3 aromatic rings. The fourth-order valence-corrected chi connectivity index (χ4v) is 5.66. The maximum atomic E-state index is 14.5. The lowest BCUT2D eigenvalue weighted by molar-refractivity contribution is -0.122. The van der Waals surface area contributed by atoms with Crippen LogP contribution in [-0.2, 0) is 27.7 Å². The van der Waals surface area contributed by atoms with Crippen LogP contribution in [-0.4, -0.2) is 25.4 Å². The highest BCUT2D eigenvalue weighted by Gasteiger charge is 2.41. The Hall–Kier alpha value is -3.10. The van der Waals surface area contributed by atoms with E-state index in [1.807, 2.05) is 44.2 Å². The van der Waals surface area contributed by atoms with Gasteiger partial charge in [-0.3, -0.25) is 9.78 Å². The topological polar surface area (TPSA) is 93.4 Å². The molecule has 2 aromatic carbocycles. The second kappa shape index (κ2) is 7.74. The van der Waals surface area contributed by atoms with Crippen LogP contribution in [0.2, 0.25) is 0 Å². The SMILES string of the molecule is C[C@@H]1c2cc(F)c(S(N)(=O)=O)cc2N(C(=O)C2Cc3ccc(-c4ccccn4)cc3C2)[C@@H]1C. The lowest BCUT2D eigenvalue weighted by atomic mass is 9.98. The first-order valence-electron chi connectivity index (χ1n) is 10.9. The van der Waals surface area contributed by atoms with Gasteiger partial charge in [0.15, 0.2) is 0 Å². The third-order valence-corrected chi connectivity index (χ3v) is 7.88. The van der Waals surface area contributed by atoms with Gasteiger partial charge >= 0.3 is 0 Å². The molecule has 3 atom stereocenters. The van der Waals surface area contributed by atoms with E-state index < -0.39 is 20.7 Å². The predicted octanol–water partition coefficient (Wildman–Crippen LogP) is 3.79. The molecule has 6 nitrogen and oxygen atoms in total. The number of sulfonamides is 1. The average Bonchev–Trinajstić information content (AvgIpc) is 3.31. The number of nitrogens with two attached hydrogens (primary N) is 1. The molecule has 1 aromatic heterocycles. The van der Waals surface area contributed by atoms with Gasteiger partial charge in [0.05, 0.1) is 5.69 Å². The number of pyridine rings is 1. The number of benzene rings is 2. The highest BCUT2D eigenvalue weighted by molar-refractivity contribution is 7.89. The van der Waals surface area contributed by atoms with Gasteiger partial charge in [0, 0.05) is 35.3 Å². The molecule has 0 bridgehead atoms. The van der Waals surface area contributed by atoms with Crippen LogP contribution >= 0.6 is 0 Å². The van der Waals surface area contributed by atoms with Crippen LogP contribution in [0.25, 0.3) is 11.3 Å². The van der Waals surface area contributed by atoms with Crippen LogP contribution in [0, 0.1) is 11.7 Å². The van der Waals surface area contributed by atoms with Crippen LogP contribution in [0.3, 0.4) is 0 Å². The van der Waals surface area contributed by atoms with E-state index in [0.29, 0.717) is 24.1 Å². The van der Waals surface area contributed by atoms with E-state index in [2.05, 4.69) is 11.1 Å². The Balaban J connectivity index is 1.47. The number of halogens is 1. The molecule has 0 saturated heterocycles. The molecule has 8 heteroatoms. The summed E-state index contributed by atoms with van der Waals surface area (Å²) in [6.45, 7) is 3.81. The quantitative estimate of drug-likeness (QED) is 0.637. The Morgan fingerprint density at radius 1 is 1.09 bits per heavy atom. The van der Waals surface area contributed by atoms with Crippen molar-refractivity contribution in [2.45, 2.75) is 43.5 Å². The standard InChI is InChI=1S/C25H24FN3O3S/c1-14-15(2)29(23-13-24(33(27,31)32)21(26)12-20(14)23)25(30)19-9-16-6-7-17(10-18(16)11-19)22-5-3-4-8-28-22/h3-8,10,12-15,19H,9,11H2,1-2H3,(H2,27,31,32)/t14-,15+,19?/m0/s1. The number of carbonyl (C=O) groups is 1. The number of hydrogen-bond acceptors (Lipinski definition) is 4. The number of amides is 1. The Morgan fingerprint density at radius 3 is 2.55 bits per heavy atom. The van der Waals surface area contributed by atoms with E-state index in [9.17, 15) is 17.6 Å². The van der Waals surface area contributed by atoms with Gasteiger partial charge < -0.3 is 4.90 Å². The van der Waals surface area contributed by atoms with Gasteiger partial charge in [-0.2, -0.15) is 0 Å². The number of rotatable bonds is 3. The Morgan fingerprint density at radius 2 is 1.85 bits per heavy atom. The molecule has 2 heterocycles. The molecule has 5 rings (SSSR count). The van der Waals surface area contributed by atoms with E-state index >= 15 is 0 Å². The van der Waals surface area contributed by atoms with E-state index in [1.54, 1.807) is 11.1 Å². The summed E-state index contributed by atoms with van der Waals surface area (Å²) >= 11 is 0. The van der Waals surface area contributed by atoms with E-state index in [4.69, 9.17) is 5.14 Å². The molecule has 0 spiro atoms. The molecule has 1 aliphatic carbocycles. The van der Waals surface area contributed by atoms with Crippen molar-refractivity contribution in [3.63, 3.8) is 0 Å². The van der Waals surface area contributed by atoms with Crippen molar-refractivity contribution in [1.29, 1.82) is 0 Å². The molecule has 2 aliphatic rings. The molecule has 0 fully saturated rings. The minimum atomic E-state index is -4.25. The fraction of sp³-hybridized carbons (Fsp3) is 0.280. The van der Waals surface area contributed by atoms with E-state index in [-0.39, 0.29) is 23.8 Å².